The number of benzene rings is 1. The number of halogens is 3. The fraction of sp³-hybridized carbons (Fsp3) is 0.333. The number of anilines is 1. The van der Waals surface area contributed by atoms with Crippen LogP contribution in [0.15, 0.2) is 17.2 Å². The summed E-state index contributed by atoms with van der Waals surface area (Å²) in [7, 11) is 3.50. The highest BCUT2D eigenvalue weighted by Gasteiger charge is 2.34. The first-order chi connectivity index (χ1) is 8.95. The van der Waals surface area contributed by atoms with Crippen molar-refractivity contribution in [2.45, 2.75) is 0 Å². The van der Waals surface area contributed by atoms with E-state index >= 15 is 0 Å². The van der Waals surface area contributed by atoms with Gasteiger partial charge >= 0.3 is 0 Å². The minimum atomic E-state index is -0.192. The number of hydrazone groups is 1. The molecule has 1 aliphatic rings. The molecule has 1 aromatic rings. The summed E-state index contributed by atoms with van der Waals surface area (Å²) in [6.45, 7) is 0.401. The molecule has 0 bridgehead atoms. The van der Waals surface area contributed by atoms with E-state index < -0.39 is 0 Å². The highest BCUT2D eigenvalue weighted by molar-refractivity contribution is 6.55. The first kappa shape index (κ1) is 14.4. The number of nitrogens with zero attached hydrogens (tertiary/aromatic N) is 3. The van der Waals surface area contributed by atoms with Crippen molar-refractivity contribution in [3.05, 3.63) is 27.7 Å². The van der Waals surface area contributed by atoms with E-state index in [4.69, 9.17) is 34.8 Å². The number of carbonyl (C=O) groups is 1. The number of amides is 1. The van der Waals surface area contributed by atoms with Gasteiger partial charge in [-0.25, -0.2) is 0 Å². The molecule has 1 aromatic carbocycles. The number of hydrogen-bond acceptors (Lipinski definition) is 3. The van der Waals surface area contributed by atoms with Crippen LogP contribution in [0.25, 0.3) is 0 Å². The Balaban J connectivity index is 2.60. The van der Waals surface area contributed by atoms with Crippen LogP contribution in [0.3, 0.4) is 0 Å². The third-order valence-electron chi connectivity index (χ3n) is 2.64. The van der Waals surface area contributed by atoms with Crippen LogP contribution in [0.4, 0.5) is 5.69 Å². The van der Waals surface area contributed by atoms with Crippen molar-refractivity contribution in [2.24, 2.45) is 5.10 Å². The van der Waals surface area contributed by atoms with Crippen LogP contribution >= 0.6 is 34.8 Å². The maximum absolute atomic E-state index is 12.3. The lowest BCUT2D eigenvalue weighted by Crippen LogP contribution is -2.32. The Morgan fingerprint density at radius 1 is 1.26 bits per heavy atom. The van der Waals surface area contributed by atoms with E-state index in [0.717, 1.165) is 0 Å². The van der Waals surface area contributed by atoms with Crippen LogP contribution in [-0.4, -0.2) is 43.1 Å². The topological polar surface area (TPSA) is 35.9 Å². The van der Waals surface area contributed by atoms with E-state index in [2.05, 4.69) is 5.10 Å². The molecule has 1 aliphatic heterocycles. The molecule has 0 saturated carbocycles. The number of hydrogen-bond donors (Lipinski definition) is 0. The maximum atomic E-state index is 12.3. The van der Waals surface area contributed by atoms with Crippen LogP contribution in [-0.2, 0) is 4.79 Å². The van der Waals surface area contributed by atoms with E-state index in [1.807, 2.05) is 0 Å². The number of rotatable bonds is 3. The summed E-state index contributed by atoms with van der Waals surface area (Å²) in [5, 5.41) is 6.59. The van der Waals surface area contributed by atoms with E-state index in [9.17, 15) is 4.79 Å². The van der Waals surface area contributed by atoms with Crippen molar-refractivity contribution in [3.8, 4) is 0 Å². The lowest BCUT2D eigenvalue weighted by molar-refractivity contribution is -0.112. The fourth-order valence-electron chi connectivity index (χ4n) is 1.90. The average Bonchev–Trinajstić information content (AvgIpc) is 2.56. The lowest BCUT2D eigenvalue weighted by atomic mass is 10.1. The van der Waals surface area contributed by atoms with Crippen molar-refractivity contribution in [1.29, 1.82) is 0 Å². The smallest absolute Gasteiger partial charge is 0.279 e. The van der Waals surface area contributed by atoms with Gasteiger partial charge in [0.15, 0.2) is 5.71 Å². The first-order valence-corrected chi connectivity index (χ1v) is 6.88. The zero-order chi connectivity index (χ0) is 14.2. The van der Waals surface area contributed by atoms with Gasteiger partial charge in [-0.2, -0.15) is 5.10 Å². The molecule has 7 heteroatoms. The molecule has 0 saturated heterocycles. The van der Waals surface area contributed by atoms with Crippen molar-refractivity contribution in [1.82, 2.24) is 5.01 Å². The number of carbonyl (C=O) groups excluding carboxylic acids is 1. The molecule has 4 nitrogen and oxygen atoms in total. The summed E-state index contributed by atoms with van der Waals surface area (Å²) in [6.07, 6.45) is 0. The first-order valence-electron chi connectivity index (χ1n) is 5.59. The van der Waals surface area contributed by atoms with E-state index in [1.54, 1.807) is 36.1 Å². The lowest BCUT2D eigenvalue weighted by Gasteiger charge is -2.15. The minimum absolute atomic E-state index is 0.192. The van der Waals surface area contributed by atoms with Gasteiger partial charge in [0.05, 0.1) is 15.7 Å². The Labute approximate surface area is 126 Å². The summed E-state index contributed by atoms with van der Waals surface area (Å²) in [5.74, 6) is 0.142. The molecule has 0 aromatic heterocycles. The molecule has 1 heterocycles. The highest BCUT2D eigenvalue weighted by atomic mass is 35.5. The van der Waals surface area contributed by atoms with E-state index in [0.29, 0.717) is 39.4 Å². The molecule has 102 valence electrons. The molecule has 2 rings (SSSR count). The second-order valence-corrected chi connectivity index (χ2v) is 5.42. The Morgan fingerprint density at radius 2 is 1.89 bits per heavy atom. The van der Waals surface area contributed by atoms with Gasteiger partial charge in [0.2, 0.25) is 0 Å². The molecule has 0 fully saturated rings. The SMILES string of the molecule is CN(C)N=C1C(=O)N(CCCl)c2cc(Cl)c(Cl)cc21. The van der Waals surface area contributed by atoms with Crippen LogP contribution in [0.1, 0.15) is 5.56 Å². The Morgan fingerprint density at radius 3 is 2.47 bits per heavy atom. The third-order valence-corrected chi connectivity index (χ3v) is 3.53. The number of alkyl halides is 1. The van der Waals surface area contributed by atoms with Gasteiger partial charge in [-0.1, -0.05) is 23.2 Å². The van der Waals surface area contributed by atoms with Gasteiger partial charge in [0.25, 0.3) is 5.91 Å². The molecule has 0 N–H and O–H groups in total. The van der Waals surface area contributed by atoms with Crippen LogP contribution in [0.5, 0.6) is 0 Å². The molecular weight excluding hydrogens is 309 g/mol. The monoisotopic (exact) mass is 319 g/mol. The van der Waals surface area contributed by atoms with Crippen LogP contribution in [0.2, 0.25) is 10.0 Å². The predicted octanol–water partition coefficient (Wildman–Crippen LogP) is 2.84. The summed E-state index contributed by atoms with van der Waals surface area (Å²) in [5.41, 5.74) is 1.72. The quantitative estimate of drug-likeness (QED) is 0.634. The second-order valence-electron chi connectivity index (χ2n) is 4.23. The molecule has 0 atom stereocenters. The van der Waals surface area contributed by atoms with Crippen molar-refractivity contribution >= 4 is 52.1 Å². The summed E-state index contributed by atoms with van der Waals surface area (Å²) in [6, 6.07) is 3.33. The Kier molecular flexibility index (Phi) is 4.23. The third kappa shape index (κ3) is 2.66. The van der Waals surface area contributed by atoms with Gasteiger partial charge < -0.3 is 9.91 Å². The summed E-state index contributed by atoms with van der Waals surface area (Å²) < 4.78 is 0. The molecule has 0 spiro atoms. The van der Waals surface area contributed by atoms with E-state index in [-0.39, 0.29) is 5.91 Å². The van der Waals surface area contributed by atoms with Gasteiger partial charge in [-0.15, -0.1) is 11.6 Å². The molecule has 0 aliphatic carbocycles. The molecule has 0 unspecified atom stereocenters. The van der Waals surface area contributed by atoms with Crippen molar-refractivity contribution in [2.75, 3.05) is 31.4 Å². The zero-order valence-corrected chi connectivity index (χ0v) is 12.7. The highest BCUT2D eigenvalue weighted by Crippen LogP contribution is 2.36. The molecule has 19 heavy (non-hydrogen) atoms. The average molecular weight is 321 g/mol. The number of fused-ring (bicyclic) bond motifs is 1. The molecular formula is C12H12Cl3N3O. The van der Waals surface area contributed by atoms with Gasteiger partial charge in [-0.3, -0.25) is 4.79 Å². The van der Waals surface area contributed by atoms with Gasteiger partial charge in [0, 0.05) is 32.1 Å². The predicted molar refractivity (Wildman–Crippen MR) is 79.8 cm³/mol. The second kappa shape index (κ2) is 5.57. The summed E-state index contributed by atoms with van der Waals surface area (Å²) >= 11 is 17.8. The largest absolute Gasteiger partial charge is 0.305 e. The fourth-order valence-corrected chi connectivity index (χ4v) is 2.40. The standard InChI is InChI=1S/C12H12Cl3N3O/c1-17(2)16-11-7-5-8(14)9(15)6-10(7)18(4-3-13)12(11)19/h5-6H,3-4H2,1-2H3. The van der Waals surface area contributed by atoms with Crippen molar-refractivity contribution < 1.29 is 4.79 Å². The molecule has 1 amide bonds. The Hall–Kier alpha value is -0.970. The summed E-state index contributed by atoms with van der Waals surface area (Å²) in [4.78, 5) is 13.9. The van der Waals surface area contributed by atoms with Crippen LogP contribution < -0.4 is 4.90 Å². The minimum Gasteiger partial charge on any atom is -0.305 e. The maximum Gasteiger partial charge on any atom is 0.279 e. The molecule has 0 radical (unpaired) electrons. The Bertz CT molecular complexity index is 557. The van der Waals surface area contributed by atoms with Crippen molar-refractivity contribution in [3.63, 3.8) is 0 Å². The normalized spacial score (nSPS) is 16.2. The van der Waals surface area contributed by atoms with Gasteiger partial charge in [0.1, 0.15) is 0 Å². The van der Waals surface area contributed by atoms with Gasteiger partial charge in [-0.05, 0) is 12.1 Å². The van der Waals surface area contributed by atoms with E-state index in [1.165, 1.54) is 0 Å². The van der Waals surface area contributed by atoms with Crippen LogP contribution in [0, 0.1) is 0 Å². The zero-order valence-electron chi connectivity index (χ0n) is 10.5.